The lowest BCUT2D eigenvalue weighted by molar-refractivity contribution is 0.0947. The van der Waals surface area contributed by atoms with Gasteiger partial charge in [0.25, 0.3) is 11.8 Å². The summed E-state index contributed by atoms with van der Waals surface area (Å²) in [6.45, 7) is 2.47. The highest BCUT2D eigenvalue weighted by molar-refractivity contribution is 6.09. The fourth-order valence-electron chi connectivity index (χ4n) is 4.94. The van der Waals surface area contributed by atoms with E-state index in [0.29, 0.717) is 55.5 Å². The predicted octanol–water partition coefficient (Wildman–Crippen LogP) is 2.92. The minimum Gasteiger partial charge on any atom is -0.390 e. The SMILES string of the molecule is N=C/C1=C\NCCCCCCNC(=O)c2nn(C3CCN(C(=O)NC4CC4)CC3)cc2NC(=O)c2cccc1n2. The molecule has 4 amide bonds. The van der Waals surface area contributed by atoms with E-state index in [-0.39, 0.29) is 29.4 Å². The Labute approximate surface area is 233 Å². The van der Waals surface area contributed by atoms with Crippen LogP contribution in [0.15, 0.2) is 30.6 Å². The minimum absolute atomic E-state index is 0.00183. The van der Waals surface area contributed by atoms with Crippen LogP contribution in [0.4, 0.5) is 10.5 Å². The van der Waals surface area contributed by atoms with Gasteiger partial charge in [-0.25, -0.2) is 9.78 Å². The number of carbonyl (C=O) groups is 3. The molecule has 2 aromatic rings. The molecule has 5 rings (SSSR count). The Balaban J connectivity index is 1.35. The van der Waals surface area contributed by atoms with Crippen LogP contribution in [0.3, 0.4) is 0 Å². The molecule has 1 aliphatic carbocycles. The number of amides is 4. The maximum Gasteiger partial charge on any atom is 0.317 e. The van der Waals surface area contributed by atoms with Gasteiger partial charge >= 0.3 is 6.03 Å². The predicted molar refractivity (Wildman–Crippen MR) is 151 cm³/mol. The zero-order chi connectivity index (χ0) is 27.9. The van der Waals surface area contributed by atoms with E-state index in [2.05, 4.69) is 31.3 Å². The molecule has 2 bridgehead atoms. The van der Waals surface area contributed by atoms with Crippen LogP contribution in [-0.4, -0.2) is 75.9 Å². The highest BCUT2D eigenvalue weighted by Gasteiger charge is 2.30. The Morgan fingerprint density at radius 1 is 1.00 bits per heavy atom. The first kappa shape index (κ1) is 27.4. The Kier molecular flexibility index (Phi) is 8.72. The number of urea groups is 1. The Morgan fingerprint density at radius 3 is 2.50 bits per heavy atom. The van der Waals surface area contributed by atoms with E-state index in [0.717, 1.165) is 45.1 Å². The lowest BCUT2D eigenvalue weighted by Crippen LogP contribution is -2.45. The van der Waals surface area contributed by atoms with Gasteiger partial charge in [-0.05, 0) is 50.7 Å². The fourth-order valence-corrected chi connectivity index (χ4v) is 4.94. The number of rotatable bonds is 3. The van der Waals surface area contributed by atoms with E-state index in [4.69, 9.17) is 5.41 Å². The van der Waals surface area contributed by atoms with Gasteiger partial charge in [-0.2, -0.15) is 5.10 Å². The molecule has 2 fully saturated rings. The normalized spacial score (nSPS) is 20.9. The van der Waals surface area contributed by atoms with Crippen molar-refractivity contribution in [1.29, 1.82) is 5.41 Å². The molecule has 212 valence electrons. The number of nitrogens with zero attached hydrogens (tertiary/aromatic N) is 4. The first-order valence-corrected chi connectivity index (χ1v) is 14.2. The molecule has 3 aliphatic rings. The van der Waals surface area contributed by atoms with Crippen molar-refractivity contribution in [2.75, 3.05) is 31.5 Å². The van der Waals surface area contributed by atoms with Gasteiger partial charge in [-0.1, -0.05) is 18.9 Å². The van der Waals surface area contributed by atoms with Crippen molar-refractivity contribution in [3.05, 3.63) is 47.7 Å². The van der Waals surface area contributed by atoms with E-state index < -0.39 is 5.91 Å². The molecule has 1 saturated heterocycles. The van der Waals surface area contributed by atoms with Crippen molar-refractivity contribution in [2.45, 2.75) is 63.5 Å². The van der Waals surface area contributed by atoms with Crippen LogP contribution in [0.2, 0.25) is 0 Å². The van der Waals surface area contributed by atoms with E-state index in [9.17, 15) is 14.4 Å². The number of hydrogen-bond acceptors (Lipinski definition) is 7. The molecule has 0 spiro atoms. The molecule has 0 unspecified atom stereocenters. The average molecular weight is 548 g/mol. The molecular weight excluding hydrogens is 510 g/mol. The summed E-state index contributed by atoms with van der Waals surface area (Å²) in [6.07, 6.45) is 11.9. The molecule has 4 heterocycles. The molecule has 12 heteroatoms. The first-order chi connectivity index (χ1) is 19.5. The molecule has 12 nitrogen and oxygen atoms in total. The quantitative estimate of drug-likeness (QED) is 0.372. The standard InChI is InChI=1S/C28H37N9O3/c29-16-19-17-30-12-3-1-2-4-13-31-27(39)25-24(34-26(38)23-7-5-6-22(19)33-23)18-37(35-25)21-10-14-36(15-11-21)28(40)32-20-8-9-20/h5-7,16-18,20-21,29-30H,1-4,8-15H2,(H,31,39)(H,32,40)(H,34,38)/b19-17+,29-16?. The van der Waals surface area contributed by atoms with Gasteiger partial charge in [-0.15, -0.1) is 0 Å². The summed E-state index contributed by atoms with van der Waals surface area (Å²) in [7, 11) is 0. The Bertz CT molecular complexity index is 1280. The number of nitrogens with one attached hydrogen (secondary N) is 5. The number of allylic oxidation sites excluding steroid dienone is 1. The number of fused-ring (bicyclic) bond motifs is 3. The van der Waals surface area contributed by atoms with Crippen LogP contribution in [-0.2, 0) is 0 Å². The number of anilines is 1. The molecule has 0 aromatic carbocycles. The van der Waals surface area contributed by atoms with E-state index in [1.165, 1.54) is 6.21 Å². The fraction of sp³-hybridized carbons (Fsp3) is 0.500. The van der Waals surface area contributed by atoms with Gasteiger partial charge < -0.3 is 31.6 Å². The van der Waals surface area contributed by atoms with Crippen LogP contribution < -0.4 is 21.3 Å². The van der Waals surface area contributed by atoms with E-state index >= 15 is 0 Å². The Morgan fingerprint density at radius 2 is 1.75 bits per heavy atom. The summed E-state index contributed by atoms with van der Waals surface area (Å²) in [6, 6.07) is 5.36. The van der Waals surface area contributed by atoms with Crippen LogP contribution in [0.5, 0.6) is 0 Å². The maximum absolute atomic E-state index is 13.2. The Hall–Kier alpha value is -4.22. The zero-order valence-corrected chi connectivity index (χ0v) is 22.6. The monoisotopic (exact) mass is 547 g/mol. The van der Waals surface area contributed by atoms with Gasteiger partial charge in [0.1, 0.15) is 5.69 Å². The van der Waals surface area contributed by atoms with E-state index in [1.807, 2.05) is 4.90 Å². The van der Waals surface area contributed by atoms with Crippen molar-refractivity contribution < 1.29 is 14.4 Å². The third kappa shape index (κ3) is 6.85. The average Bonchev–Trinajstić information content (AvgIpc) is 3.69. The highest BCUT2D eigenvalue weighted by atomic mass is 16.2. The molecule has 40 heavy (non-hydrogen) atoms. The summed E-state index contributed by atoms with van der Waals surface area (Å²) in [5.74, 6) is -0.811. The number of piperidine rings is 1. The second kappa shape index (κ2) is 12.8. The maximum atomic E-state index is 13.2. The highest BCUT2D eigenvalue weighted by Crippen LogP contribution is 2.27. The van der Waals surface area contributed by atoms with Crippen molar-refractivity contribution >= 4 is 35.3 Å². The van der Waals surface area contributed by atoms with Crippen molar-refractivity contribution in [2.24, 2.45) is 0 Å². The largest absolute Gasteiger partial charge is 0.390 e. The van der Waals surface area contributed by atoms with E-state index in [1.54, 1.807) is 35.3 Å². The molecule has 0 radical (unpaired) electrons. The summed E-state index contributed by atoms with van der Waals surface area (Å²) in [4.78, 5) is 45.1. The van der Waals surface area contributed by atoms with Crippen LogP contribution in [0.25, 0.3) is 5.57 Å². The summed E-state index contributed by atoms with van der Waals surface area (Å²) in [5, 5.41) is 24.5. The molecular formula is C28H37N9O3. The van der Waals surface area contributed by atoms with Crippen LogP contribution >= 0.6 is 0 Å². The zero-order valence-electron chi connectivity index (χ0n) is 22.6. The topological polar surface area (TPSA) is 157 Å². The molecule has 2 aromatic heterocycles. The lowest BCUT2D eigenvalue weighted by atomic mass is 10.1. The summed E-state index contributed by atoms with van der Waals surface area (Å²) in [5.41, 5.74) is 1.71. The smallest absolute Gasteiger partial charge is 0.317 e. The first-order valence-electron chi connectivity index (χ1n) is 14.2. The molecule has 2 aliphatic heterocycles. The van der Waals surface area contributed by atoms with Gasteiger partial charge in [-0.3, -0.25) is 14.3 Å². The van der Waals surface area contributed by atoms with Gasteiger partial charge in [0.05, 0.1) is 17.4 Å². The molecule has 0 atom stereocenters. The summed E-state index contributed by atoms with van der Waals surface area (Å²) < 4.78 is 1.74. The van der Waals surface area contributed by atoms with Crippen molar-refractivity contribution in [3.63, 3.8) is 0 Å². The minimum atomic E-state index is -0.472. The number of likely N-dealkylation sites (tertiary alicyclic amines) is 1. The van der Waals surface area contributed by atoms with Crippen LogP contribution in [0, 0.1) is 5.41 Å². The van der Waals surface area contributed by atoms with Gasteiger partial charge in [0.2, 0.25) is 0 Å². The number of hydrogen-bond donors (Lipinski definition) is 5. The molecule has 1 saturated carbocycles. The third-order valence-electron chi connectivity index (χ3n) is 7.45. The van der Waals surface area contributed by atoms with Gasteiger partial charge in [0.15, 0.2) is 5.69 Å². The second-order valence-corrected chi connectivity index (χ2v) is 10.5. The number of aromatic nitrogens is 3. The van der Waals surface area contributed by atoms with Gasteiger partial charge in [0, 0.05) is 56.4 Å². The number of pyridine rings is 1. The van der Waals surface area contributed by atoms with Crippen LogP contribution in [0.1, 0.15) is 84.1 Å². The molecule has 5 N–H and O–H groups in total. The summed E-state index contributed by atoms with van der Waals surface area (Å²) >= 11 is 0. The lowest BCUT2D eigenvalue weighted by Gasteiger charge is -2.32. The second-order valence-electron chi connectivity index (χ2n) is 10.5. The number of carbonyl (C=O) groups excluding carboxylic acids is 3. The van der Waals surface area contributed by atoms with Crippen molar-refractivity contribution in [1.82, 2.24) is 35.6 Å². The third-order valence-corrected chi connectivity index (χ3v) is 7.45. The van der Waals surface area contributed by atoms with Crippen molar-refractivity contribution in [3.8, 4) is 0 Å².